The second kappa shape index (κ2) is 3.91. The number of carbonyl (C=O) groups excluding carboxylic acids is 1. The van der Waals surface area contributed by atoms with E-state index in [0.717, 1.165) is 11.9 Å². The number of rotatable bonds is 1. The molecule has 0 bridgehead atoms. The molecule has 0 radical (unpaired) electrons. The second-order valence-corrected chi connectivity index (χ2v) is 4.63. The van der Waals surface area contributed by atoms with Crippen molar-refractivity contribution in [2.45, 2.75) is 31.8 Å². The predicted molar refractivity (Wildman–Crippen MR) is 65.8 cm³/mol. The maximum Gasteiger partial charge on any atom is 0.306 e. The third-order valence-corrected chi connectivity index (χ3v) is 3.56. The number of nitrogens with one attached hydrogen (secondary N) is 1. The molecule has 3 rings (SSSR count). The van der Waals surface area contributed by atoms with Gasteiger partial charge >= 0.3 is 5.97 Å². The summed E-state index contributed by atoms with van der Waals surface area (Å²) in [5.41, 5.74) is 2.41. The third-order valence-electron chi connectivity index (χ3n) is 3.56. The number of para-hydroxylation sites is 1. The molecule has 0 amide bonds. The molecule has 1 aliphatic rings. The van der Waals surface area contributed by atoms with Gasteiger partial charge in [-0.3, -0.25) is 4.79 Å². The van der Waals surface area contributed by atoms with Crippen molar-refractivity contribution in [2.24, 2.45) is 0 Å². The molecule has 1 aromatic carbocycles. The Morgan fingerprint density at radius 2 is 2.18 bits per heavy atom. The fraction of sp³-hybridized carbons (Fsp3) is 0.357. The lowest BCUT2D eigenvalue weighted by atomic mass is 9.88. The molecule has 3 heteroatoms. The molecular formula is C14H15NO2. The Morgan fingerprint density at radius 3 is 3.00 bits per heavy atom. The highest BCUT2D eigenvalue weighted by Gasteiger charge is 2.29. The minimum absolute atomic E-state index is 0.0320. The minimum Gasteiger partial charge on any atom is -0.462 e. The fourth-order valence-corrected chi connectivity index (χ4v) is 2.67. The van der Waals surface area contributed by atoms with Crippen LogP contribution in [0.3, 0.4) is 0 Å². The van der Waals surface area contributed by atoms with Crippen LogP contribution in [-0.4, -0.2) is 17.1 Å². The van der Waals surface area contributed by atoms with Crippen LogP contribution in [-0.2, 0) is 9.53 Å². The van der Waals surface area contributed by atoms with Crippen molar-refractivity contribution in [3.63, 3.8) is 0 Å². The number of hydrogen-bond donors (Lipinski definition) is 1. The third kappa shape index (κ3) is 1.71. The van der Waals surface area contributed by atoms with Crippen molar-refractivity contribution < 1.29 is 9.53 Å². The first-order valence-electron chi connectivity index (χ1n) is 6.01. The minimum atomic E-state index is -0.0754. The van der Waals surface area contributed by atoms with Crippen molar-refractivity contribution in [1.82, 2.24) is 4.98 Å². The number of H-pyrrole nitrogens is 1. The first kappa shape index (κ1) is 10.4. The number of ether oxygens (including phenoxy) is 1. The summed E-state index contributed by atoms with van der Waals surface area (Å²) < 4.78 is 5.32. The number of fused-ring (bicyclic) bond motifs is 1. The zero-order valence-corrected chi connectivity index (χ0v) is 9.77. The molecule has 2 atom stereocenters. The summed E-state index contributed by atoms with van der Waals surface area (Å²) in [6, 6.07) is 8.24. The monoisotopic (exact) mass is 229 g/mol. The Hall–Kier alpha value is -1.77. The van der Waals surface area contributed by atoms with Crippen LogP contribution < -0.4 is 0 Å². The highest BCUT2D eigenvalue weighted by Crippen LogP contribution is 2.35. The molecule has 88 valence electrons. The van der Waals surface area contributed by atoms with E-state index in [1.54, 1.807) is 0 Å². The molecule has 0 spiro atoms. The molecule has 1 aliphatic heterocycles. The van der Waals surface area contributed by atoms with Gasteiger partial charge in [-0.25, -0.2) is 0 Å². The van der Waals surface area contributed by atoms with Crippen molar-refractivity contribution in [3.8, 4) is 0 Å². The van der Waals surface area contributed by atoms with Crippen molar-refractivity contribution in [3.05, 3.63) is 36.0 Å². The first-order chi connectivity index (χ1) is 8.25. The number of hydrogen-bond acceptors (Lipinski definition) is 2. The number of aromatic amines is 1. The summed E-state index contributed by atoms with van der Waals surface area (Å²) in [4.78, 5) is 14.5. The summed E-state index contributed by atoms with van der Waals surface area (Å²) in [6.45, 7) is 1.98. The summed E-state index contributed by atoms with van der Waals surface area (Å²) in [5.74, 6) is 0.234. The van der Waals surface area contributed by atoms with Crippen molar-refractivity contribution in [2.75, 3.05) is 0 Å². The van der Waals surface area contributed by atoms with Crippen LogP contribution in [0.1, 0.15) is 31.2 Å². The van der Waals surface area contributed by atoms with Gasteiger partial charge in [-0.1, -0.05) is 18.2 Å². The second-order valence-electron chi connectivity index (χ2n) is 4.63. The standard InChI is InChI=1S/C14H15NO2/c1-9-10(6-7-14(16)17-9)12-8-15-13-5-3-2-4-11(12)13/h2-5,8-10,15H,6-7H2,1H3/t9-,10+/m0/s1. The molecule has 0 unspecified atom stereocenters. The number of esters is 1. The van der Waals surface area contributed by atoms with E-state index in [4.69, 9.17) is 4.74 Å². The highest BCUT2D eigenvalue weighted by molar-refractivity contribution is 5.84. The lowest BCUT2D eigenvalue weighted by Gasteiger charge is -2.28. The van der Waals surface area contributed by atoms with Gasteiger partial charge in [-0.05, 0) is 25.0 Å². The first-order valence-corrected chi connectivity index (χ1v) is 6.01. The van der Waals surface area contributed by atoms with Gasteiger partial charge < -0.3 is 9.72 Å². The number of aromatic nitrogens is 1. The average Bonchev–Trinajstić information content (AvgIpc) is 2.73. The Balaban J connectivity index is 2.01. The summed E-state index contributed by atoms with van der Waals surface area (Å²) >= 11 is 0. The van der Waals surface area contributed by atoms with Crippen molar-refractivity contribution >= 4 is 16.9 Å². The van der Waals surface area contributed by atoms with E-state index in [2.05, 4.69) is 17.1 Å². The van der Waals surface area contributed by atoms with Gasteiger partial charge in [-0.2, -0.15) is 0 Å². The van der Waals surface area contributed by atoms with E-state index in [-0.39, 0.29) is 12.1 Å². The lowest BCUT2D eigenvalue weighted by Crippen LogP contribution is -2.28. The van der Waals surface area contributed by atoms with E-state index in [1.165, 1.54) is 10.9 Å². The lowest BCUT2D eigenvalue weighted by molar-refractivity contribution is -0.154. The number of cyclic esters (lactones) is 1. The molecule has 0 saturated carbocycles. The number of carbonyl (C=O) groups is 1. The van der Waals surface area contributed by atoms with Crippen molar-refractivity contribution in [1.29, 1.82) is 0 Å². The summed E-state index contributed by atoms with van der Waals surface area (Å²) in [5, 5.41) is 1.24. The summed E-state index contributed by atoms with van der Waals surface area (Å²) in [7, 11) is 0. The normalized spacial score (nSPS) is 24.9. The van der Waals surface area contributed by atoms with Gasteiger partial charge in [0.25, 0.3) is 0 Å². The van der Waals surface area contributed by atoms with Crippen LogP contribution in [0.2, 0.25) is 0 Å². The predicted octanol–water partition coefficient (Wildman–Crippen LogP) is 2.98. The van der Waals surface area contributed by atoms with E-state index >= 15 is 0 Å². The molecule has 3 nitrogen and oxygen atoms in total. The Morgan fingerprint density at radius 1 is 1.35 bits per heavy atom. The Bertz CT molecular complexity index is 558. The van der Waals surface area contributed by atoms with E-state index in [9.17, 15) is 4.79 Å². The molecule has 2 aromatic rings. The van der Waals surface area contributed by atoms with Gasteiger partial charge in [0.2, 0.25) is 0 Å². The SMILES string of the molecule is C[C@@H]1OC(=O)CC[C@H]1c1c[nH]c2ccccc12. The highest BCUT2D eigenvalue weighted by atomic mass is 16.5. The number of benzene rings is 1. The van der Waals surface area contributed by atoms with Gasteiger partial charge in [-0.15, -0.1) is 0 Å². The van der Waals surface area contributed by atoms with E-state index in [0.29, 0.717) is 12.3 Å². The maximum absolute atomic E-state index is 11.2. The fourth-order valence-electron chi connectivity index (χ4n) is 2.67. The molecule has 1 N–H and O–H groups in total. The zero-order chi connectivity index (χ0) is 11.8. The van der Waals surface area contributed by atoms with Gasteiger partial charge in [0.1, 0.15) is 6.10 Å². The zero-order valence-electron chi connectivity index (χ0n) is 9.77. The summed E-state index contributed by atoms with van der Waals surface area (Å²) in [6.07, 6.45) is 3.41. The van der Waals surface area contributed by atoms with Crippen LogP contribution in [0.25, 0.3) is 10.9 Å². The topological polar surface area (TPSA) is 42.1 Å². The maximum atomic E-state index is 11.2. The van der Waals surface area contributed by atoms with Crippen LogP contribution in [0.4, 0.5) is 0 Å². The van der Waals surface area contributed by atoms with Crippen LogP contribution >= 0.6 is 0 Å². The molecule has 0 aliphatic carbocycles. The largest absolute Gasteiger partial charge is 0.462 e. The quantitative estimate of drug-likeness (QED) is 0.764. The average molecular weight is 229 g/mol. The Labute approximate surface area is 99.8 Å². The molecule has 1 fully saturated rings. The molecular weight excluding hydrogens is 214 g/mol. The molecule has 2 heterocycles. The molecule has 1 saturated heterocycles. The molecule has 17 heavy (non-hydrogen) atoms. The van der Waals surface area contributed by atoms with Crippen LogP contribution in [0.5, 0.6) is 0 Å². The van der Waals surface area contributed by atoms with Gasteiger partial charge in [0.05, 0.1) is 0 Å². The Kier molecular flexibility index (Phi) is 2.39. The van der Waals surface area contributed by atoms with Crippen LogP contribution in [0.15, 0.2) is 30.5 Å². The van der Waals surface area contributed by atoms with Gasteiger partial charge in [0.15, 0.2) is 0 Å². The van der Waals surface area contributed by atoms with E-state index in [1.807, 2.05) is 25.3 Å². The van der Waals surface area contributed by atoms with Gasteiger partial charge in [0, 0.05) is 29.4 Å². The molecule has 1 aromatic heterocycles. The smallest absolute Gasteiger partial charge is 0.306 e. The van der Waals surface area contributed by atoms with E-state index < -0.39 is 0 Å². The van der Waals surface area contributed by atoms with Crippen LogP contribution in [0, 0.1) is 0 Å².